The lowest BCUT2D eigenvalue weighted by atomic mass is 10.2. The van der Waals surface area contributed by atoms with E-state index < -0.39 is 29.3 Å². The van der Waals surface area contributed by atoms with Gasteiger partial charge < -0.3 is 10.5 Å². The maximum Gasteiger partial charge on any atom is 0.573 e. The molecule has 0 heterocycles. The quantitative estimate of drug-likeness (QED) is 0.356. The Labute approximate surface area is 149 Å². The molecule has 0 atom stereocenters. The van der Waals surface area contributed by atoms with Crippen LogP contribution in [0.4, 0.5) is 22.0 Å². The SMILES string of the molecule is NC(=NN=Cc1ccc(OC(F)(F)F)c(F)c1F)SCc1ccccc1. The molecular formula is C16H12F5N3OS. The van der Waals surface area contributed by atoms with Gasteiger partial charge in [-0.3, -0.25) is 0 Å². The lowest BCUT2D eigenvalue weighted by Crippen LogP contribution is -2.18. The second-order valence-electron chi connectivity index (χ2n) is 4.79. The highest BCUT2D eigenvalue weighted by Crippen LogP contribution is 2.28. The Morgan fingerprint density at radius 3 is 2.42 bits per heavy atom. The molecular weight excluding hydrogens is 377 g/mol. The van der Waals surface area contributed by atoms with Gasteiger partial charge in [0.15, 0.2) is 16.7 Å². The number of halogens is 5. The van der Waals surface area contributed by atoms with E-state index in [0.717, 1.165) is 17.8 Å². The van der Waals surface area contributed by atoms with E-state index in [2.05, 4.69) is 14.9 Å². The number of alkyl halides is 3. The summed E-state index contributed by atoms with van der Waals surface area (Å²) >= 11 is 1.18. The molecule has 0 amide bonds. The van der Waals surface area contributed by atoms with Crippen LogP contribution in [0.3, 0.4) is 0 Å². The lowest BCUT2D eigenvalue weighted by Gasteiger charge is -2.10. The van der Waals surface area contributed by atoms with Crippen LogP contribution in [0.15, 0.2) is 52.7 Å². The zero-order chi connectivity index (χ0) is 19.2. The molecule has 10 heteroatoms. The van der Waals surface area contributed by atoms with E-state index in [0.29, 0.717) is 11.8 Å². The van der Waals surface area contributed by atoms with Crippen molar-refractivity contribution < 1.29 is 26.7 Å². The van der Waals surface area contributed by atoms with E-state index in [4.69, 9.17) is 5.73 Å². The first-order chi connectivity index (χ1) is 12.3. The highest BCUT2D eigenvalue weighted by molar-refractivity contribution is 8.13. The van der Waals surface area contributed by atoms with Crippen LogP contribution in [0.25, 0.3) is 0 Å². The van der Waals surface area contributed by atoms with Crippen molar-refractivity contribution in [2.45, 2.75) is 12.1 Å². The standard InChI is InChI=1S/C16H12F5N3OS/c17-13-11(6-7-12(14(13)18)25-16(19,20)21)8-23-24-15(22)26-9-10-4-2-1-3-5-10/h1-8H,9H2,(H2,22,24). The van der Waals surface area contributed by atoms with Crippen LogP contribution in [-0.4, -0.2) is 17.7 Å². The molecule has 0 bridgehead atoms. The molecule has 26 heavy (non-hydrogen) atoms. The van der Waals surface area contributed by atoms with Gasteiger partial charge in [-0.1, -0.05) is 42.1 Å². The van der Waals surface area contributed by atoms with Crippen molar-refractivity contribution in [2.24, 2.45) is 15.9 Å². The summed E-state index contributed by atoms with van der Waals surface area (Å²) in [5.41, 5.74) is 6.24. The summed E-state index contributed by atoms with van der Waals surface area (Å²) in [5, 5.41) is 7.21. The predicted octanol–water partition coefficient (Wildman–Crippen LogP) is 4.45. The Kier molecular flexibility index (Phi) is 6.56. The van der Waals surface area contributed by atoms with Gasteiger partial charge in [-0.2, -0.15) is 9.49 Å². The van der Waals surface area contributed by atoms with Crippen LogP contribution in [0.1, 0.15) is 11.1 Å². The van der Waals surface area contributed by atoms with Crippen molar-refractivity contribution in [3.63, 3.8) is 0 Å². The third-order valence-corrected chi connectivity index (χ3v) is 3.74. The third-order valence-electron chi connectivity index (χ3n) is 2.89. The fourth-order valence-corrected chi connectivity index (χ4v) is 2.37. The number of ether oxygens (including phenoxy) is 1. The molecule has 0 aliphatic carbocycles. The Balaban J connectivity index is 2.02. The molecule has 138 valence electrons. The summed E-state index contributed by atoms with van der Waals surface area (Å²) in [4.78, 5) is 0. The number of benzene rings is 2. The summed E-state index contributed by atoms with van der Waals surface area (Å²) in [6, 6.07) is 10.9. The molecule has 0 aliphatic heterocycles. The van der Waals surface area contributed by atoms with E-state index in [1.165, 1.54) is 11.8 Å². The summed E-state index contributed by atoms with van der Waals surface area (Å²) in [7, 11) is 0. The molecule has 0 unspecified atom stereocenters. The summed E-state index contributed by atoms with van der Waals surface area (Å²) in [5.74, 6) is -4.05. The first kappa shape index (κ1) is 19.7. The van der Waals surface area contributed by atoms with E-state index >= 15 is 0 Å². The van der Waals surface area contributed by atoms with E-state index in [1.54, 1.807) is 0 Å². The van der Waals surface area contributed by atoms with Crippen LogP contribution in [0.2, 0.25) is 0 Å². The molecule has 0 fully saturated rings. The Morgan fingerprint density at radius 2 is 1.77 bits per heavy atom. The molecule has 0 radical (unpaired) electrons. The Bertz CT molecular complexity index is 810. The fraction of sp³-hybridized carbons (Fsp3) is 0.125. The van der Waals surface area contributed by atoms with Gasteiger partial charge >= 0.3 is 6.36 Å². The molecule has 4 nitrogen and oxygen atoms in total. The first-order valence-corrected chi connectivity index (χ1v) is 8.02. The van der Waals surface area contributed by atoms with Gasteiger partial charge in [0.2, 0.25) is 5.82 Å². The minimum absolute atomic E-state index is 0.0861. The van der Waals surface area contributed by atoms with Gasteiger partial charge in [-0.25, -0.2) is 4.39 Å². The van der Waals surface area contributed by atoms with Gasteiger partial charge in [0, 0.05) is 11.3 Å². The summed E-state index contributed by atoms with van der Waals surface area (Å²) < 4.78 is 66.9. The van der Waals surface area contributed by atoms with E-state index in [9.17, 15) is 22.0 Å². The minimum atomic E-state index is -5.13. The molecule has 0 saturated carbocycles. The molecule has 2 rings (SSSR count). The van der Waals surface area contributed by atoms with Crippen molar-refractivity contribution in [1.82, 2.24) is 0 Å². The van der Waals surface area contributed by atoms with Crippen molar-refractivity contribution in [3.05, 3.63) is 65.2 Å². The van der Waals surface area contributed by atoms with Crippen LogP contribution in [0.5, 0.6) is 5.75 Å². The van der Waals surface area contributed by atoms with Crippen LogP contribution < -0.4 is 10.5 Å². The second kappa shape index (κ2) is 8.65. The van der Waals surface area contributed by atoms with E-state index in [-0.39, 0.29) is 5.17 Å². The monoisotopic (exact) mass is 389 g/mol. The van der Waals surface area contributed by atoms with Crippen LogP contribution in [0, 0.1) is 11.6 Å². The maximum atomic E-state index is 13.7. The summed E-state index contributed by atoms with van der Waals surface area (Å²) in [6.07, 6.45) is -4.29. The van der Waals surface area contributed by atoms with Crippen molar-refractivity contribution in [2.75, 3.05) is 0 Å². The zero-order valence-electron chi connectivity index (χ0n) is 13.0. The minimum Gasteiger partial charge on any atom is -0.403 e. The smallest absolute Gasteiger partial charge is 0.403 e. The largest absolute Gasteiger partial charge is 0.573 e. The zero-order valence-corrected chi connectivity index (χ0v) is 13.8. The average molecular weight is 389 g/mol. The summed E-state index contributed by atoms with van der Waals surface area (Å²) in [6.45, 7) is 0. The first-order valence-electron chi connectivity index (χ1n) is 7.03. The number of thioether (sulfide) groups is 1. The third kappa shape index (κ3) is 6.03. The van der Waals surface area contributed by atoms with Gasteiger partial charge in [0.05, 0.1) is 6.21 Å². The number of amidine groups is 1. The van der Waals surface area contributed by atoms with Gasteiger partial charge in [-0.15, -0.1) is 18.3 Å². The predicted molar refractivity (Wildman–Crippen MR) is 90.0 cm³/mol. The van der Waals surface area contributed by atoms with Gasteiger partial charge in [0.1, 0.15) is 0 Å². The van der Waals surface area contributed by atoms with Crippen LogP contribution in [-0.2, 0) is 5.75 Å². The highest BCUT2D eigenvalue weighted by atomic mass is 32.2. The molecule has 0 spiro atoms. The van der Waals surface area contributed by atoms with E-state index in [1.807, 2.05) is 30.3 Å². The van der Waals surface area contributed by atoms with Crippen LogP contribution >= 0.6 is 11.8 Å². The fourth-order valence-electron chi connectivity index (χ4n) is 1.76. The molecule has 0 saturated heterocycles. The van der Waals surface area contributed by atoms with Crippen molar-refractivity contribution in [1.29, 1.82) is 0 Å². The average Bonchev–Trinajstić information content (AvgIpc) is 2.59. The lowest BCUT2D eigenvalue weighted by molar-refractivity contribution is -0.275. The molecule has 2 N–H and O–H groups in total. The maximum absolute atomic E-state index is 13.7. The van der Waals surface area contributed by atoms with Gasteiger partial charge in [-0.05, 0) is 17.7 Å². The highest BCUT2D eigenvalue weighted by Gasteiger charge is 2.33. The molecule has 0 aliphatic rings. The topological polar surface area (TPSA) is 60.0 Å². The van der Waals surface area contributed by atoms with Crippen molar-refractivity contribution in [3.8, 4) is 5.75 Å². The number of hydrogen-bond acceptors (Lipinski definition) is 4. The molecule has 2 aromatic rings. The Hall–Kier alpha value is -2.62. The number of rotatable bonds is 5. The molecule has 0 aromatic heterocycles. The number of nitrogens with zero attached hydrogens (tertiary/aromatic N) is 2. The Morgan fingerprint density at radius 1 is 1.08 bits per heavy atom. The molecule has 2 aromatic carbocycles. The second-order valence-corrected chi connectivity index (χ2v) is 5.78. The number of hydrogen-bond donors (Lipinski definition) is 1. The van der Waals surface area contributed by atoms with Crippen molar-refractivity contribution >= 4 is 23.1 Å². The number of nitrogens with two attached hydrogens (primary N) is 1. The van der Waals surface area contributed by atoms with Gasteiger partial charge in [0.25, 0.3) is 0 Å². The normalized spacial score (nSPS) is 12.6.